The predicted molar refractivity (Wildman–Crippen MR) is 195 cm³/mol. The number of nitrogens with one attached hydrogen (secondary N) is 2. The molecule has 2 amide bonds. The topological polar surface area (TPSA) is 114 Å². The minimum Gasteiger partial charge on any atom is -0.480 e. The molecule has 0 aromatic heterocycles. The fourth-order valence-corrected chi connectivity index (χ4v) is 5.91. The van der Waals surface area contributed by atoms with Crippen LogP contribution in [0.1, 0.15) is 206 Å². The van der Waals surface area contributed by atoms with E-state index in [4.69, 9.17) is 9.47 Å². The zero-order chi connectivity index (χ0) is 34.5. The molecule has 0 unspecified atom stereocenters. The quantitative estimate of drug-likeness (QED) is 0.0572. The minimum absolute atomic E-state index is 0.197. The monoisotopic (exact) mass is 669 g/mol. The van der Waals surface area contributed by atoms with Gasteiger partial charge in [0.05, 0.1) is 13.2 Å². The minimum atomic E-state index is -1.11. The molecule has 0 saturated heterocycles. The van der Waals surface area contributed by atoms with Crippen molar-refractivity contribution in [1.29, 1.82) is 0 Å². The fraction of sp³-hybridized carbons (Fsp3) is 0.923. The van der Waals surface area contributed by atoms with Crippen LogP contribution in [0, 0.1) is 0 Å². The van der Waals surface area contributed by atoms with E-state index in [2.05, 4.69) is 24.5 Å². The summed E-state index contributed by atoms with van der Waals surface area (Å²) in [7, 11) is 0. The van der Waals surface area contributed by atoms with Crippen molar-refractivity contribution in [3.05, 3.63) is 0 Å². The number of alkyl carbamates (subject to hydrolysis) is 2. The van der Waals surface area contributed by atoms with Crippen molar-refractivity contribution in [2.45, 2.75) is 213 Å². The van der Waals surface area contributed by atoms with Gasteiger partial charge in [-0.05, 0) is 25.7 Å². The number of unbranched alkanes of at least 4 members (excludes halogenated alkanes) is 26. The Hall–Kier alpha value is -1.99. The van der Waals surface area contributed by atoms with Gasteiger partial charge in [0.15, 0.2) is 0 Å². The number of hydrogen-bond acceptors (Lipinski definition) is 5. The van der Waals surface area contributed by atoms with E-state index in [1.165, 1.54) is 148 Å². The molecule has 0 radical (unpaired) electrons. The van der Waals surface area contributed by atoms with Crippen molar-refractivity contribution < 1.29 is 29.0 Å². The Kier molecular flexibility index (Phi) is 35.3. The molecule has 0 rings (SSSR count). The molecule has 1 atom stereocenters. The first-order valence-electron chi connectivity index (χ1n) is 20.1. The van der Waals surface area contributed by atoms with E-state index in [-0.39, 0.29) is 13.0 Å². The van der Waals surface area contributed by atoms with E-state index in [0.29, 0.717) is 19.6 Å². The number of ether oxygens (including phenoxy) is 2. The van der Waals surface area contributed by atoms with Gasteiger partial charge in [0.2, 0.25) is 0 Å². The average molecular weight is 669 g/mol. The number of carboxylic acid groups (broad SMARTS) is 1. The van der Waals surface area contributed by atoms with Gasteiger partial charge in [0.1, 0.15) is 6.04 Å². The maximum atomic E-state index is 12.1. The molecule has 0 bridgehead atoms. The lowest BCUT2D eigenvalue weighted by Crippen LogP contribution is -2.41. The van der Waals surface area contributed by atoms with Crippen molar-refractivity contribution in [3.8, 4) is 0 Å². The van der Waals surface area contributed by atoms with Gasteiger partial charge in [-0.3, -0.25) is 0 Å². The molecule has 0 spiro atoms. The Morgan fingerprint density at radius 1 is 0.468 bits per heavy atom. The number of hydrogen-bond donors (Lipinski definition) is 3. The van der Waals surface area contributed by atoms with Crippen LogP contribution in [0.5, 0.6) is 0 Å². The predicted octanol–water partition coefficient (Wildman–Crippen LogP) is 11.6. The van der Waals surface area contributed by atoms with Crippen LogP contribution >= 0.6 is 0 Å². The molecule has 3 N–H and O–H groups in total. The van der Waals surface area contributed by atoms with Crippen LogP contribution in [-0.2, 0) is 14.3 Å². The normalized spacial score (nSPS) is 11.7. The van der Waals surface area contributed by atoms with E-state index < -0.39 is 24.2 Å². The molecule has 0 aliphatic rings. The Labute approximate surface area is 289 Å². The summed E-state index contributed by atoms with van der Waals surface area (Å²) in [5, 5.41) is 14.6. The summed E-state index contributed by atoms with van der Waals surface area (Å²) < 4.78 is 10.4. The van der Waals surface area contributed by atoms with E-state index in [1.54, 1.807) is 0 Å². The number of carbonyl (C=O) groups excluding carboxylic acids is 2. The summed E-state index contributed by atoms with van der Waals surface area (Å²) in [5.74, 6) is -1.11. The van der Waals surface area contributed by atoms with Crippen LogP contribution in [0.2, 0.25) is 0 Å². The highest BCUT2D eigenvalue weighted by Crippen LogP contribution is 2.14. The number of carbonyl (C=O) groups is 3. The molecule has 0 aromatic rings. The van der Waals surface area contributed by atoms with Gasteiger partial charge in [0.25, 0.3) is 0 Å². The van der Waals surface area contributed by atoms with E-state index in [0.717, 1.165) is 32.1 Å². The third-order valence-electron chi connectivity index (χ3n) is 8.99. The summed E-state index contributed by atoms with van der Waals surface area (Å²) in [6, 6.07) is -1.05. The van der Waals surface area contributed by atoms with Crippen molar-refractivity contribution in [2.24, 2.45) is 0 Å². The van der Waals surface area contributed by atoms with E-state index in [1.807, 2.05) is 0 Å². The smallest absolute Gasteiger partial charge is 0.407 e. The lowest BCUT2D eigenvalue weighted by molar-refractivity contribution is -0.139. The molecule has 0 heterocycles. The summed E-state index contributed by atoms with van der Waals surface area (Å²) in [6.45, 7) is 5.50. The maximum absolute atomic E-state index is 12.1. The molecule has 0 aliphatic carbocycles. The second-order valence-corrected chi connectivity index (χ2v) is 13.6. The number of amides is 2. The zero-order valence-corrected chi connectivity index (χ0v) is 30.9. The molecule has 278 valence electrons. The summed E-state index contributed by atoms with van der Waals surface area (Å²) in [5.41, 5.74) is 0. The number of aliphatic carboxylic acids is 1. The number of carboxylic acids is 1. The average Bonchev–Trinajstić information content (AvgIpc) is 3.06. The largest absolute Gasteiger partial charge is 0.480 e. The van der Waals surface area contributed by atoms with Crippen LogP contribution < -0.4 is 10.6 Å². The molecule has 0 fully saturated rings. The first kappa shape index (κ1) is 45.0. The van der Waals surface area contributed by atoms with Crippen molar-refractivity contribution in [3.63, 3.8) is 0 Å². The van der Waals surface area contributed by atoms with Crippen LogP contribution in [0.15, 0.2) is 0 Å². The SMILES string of the molecule is CCCCCCCCCCCCCCCCOC(=O)NCCC[C@H](NC(=O)OCCCCCCCCCCCCCCCC)C(=O)O. The number of rotatable bonds is 36. The molecule has 8 nitrogen and oxygen atoms in total. The standard InChI is InChI=1S/C39H76N2O6/c1-3-5-7-9-11-13-15-17-19-21-23-25-27-29-34-46-38(44)40-33-31-32-36(37(42)43)41-39(45)47-35-30-28-26-24-22-20-18-16-14-12-10-8-6-4-2/h36H,3-35H2,1-2H3,(H,40,44)(H,41,45)(H,42,43)/t36-/m0/s1. The Morgan fingerprint density at radius 2 is 0.787 bits per heavy atom. The summed E-state index contributed by atoms with van der Waals surface area (Å²) in [6.07, 6.45) is 35.0. The highest BCUT2D eigenvalue weighted by molar-refractivity contribution is 5.79. The van der Waals surface area contributed by atoms with Crippen LogP contribution in [0.25, 0.3) is 0 Å². The third kappa shape index (κ3) is 35.1. The van der Waals surface area contributed by atoms with Crippen molar-refractivity contribution >= 4 is 18.2 Å². The highest BCUT2D eigenvalue weighted by Gasteiger charge is 2.20. The Balaban J connectivity index is 3.58. The van der Waals surface area contributed by atoms with Gasteiger partial charge in [-0.15, -0.1) is 0 Å². The molecule has 0 saturated carbocycles. The highest BCUT2D eigenvalue weighted by atomic mass is 16.6. The molecule has 8 heteroatoms. The van der Waals surface area contributed by atoms with Crippen LogP contribution in [-0.4, -0.2) is 49.1 Å². The molecule has 0 aromatic carbocycles. The first-order valence-corrected chi connectivity index (χ1v) is 20.1. The maximum Gasteiger partial charge on any atom is 0.407 e. The Morgan fingerprint density at radius 3 is 1.13 bits per heavy atom. The first-order chi connectivity index (χ1) is 23.0. The second-order valence-electron chi connectivity index (χ2n) is 13.6. The summed E-state index contributed by atoms with van der Waals surface area (Å²) in [4.78, 5) is 35.5. The van der Waals surface area contributed by atoms with E-state index >= 15 is 0 Å². The van der Waals surface area contributed by atoms with Gasteiger partial charge in [-0.1, -0.05) is 181 Å². The van der Waals surface area contributed by atoms with Gasteiger partial charge in [-0.2, -0.15) is 0 Å². The van der Waals surface area contributed by atoms with E-state index in [9.17, 15) is 19.5 Å². The fourth-order valence-electron chi connectivity index (χ4n) is 5.91. The Bertz CT molecular complexity index is 705. The molecule has 0 aliphatic heterocycles. The van der Waals surface area contributed by atoms with Crippen LogP contribution in [0.3, 0.4) is 0 Å². The van der Waals surface area contributed by atoms with Crippen molar-refractivity contribution in [1.82, 2.24) is 10.6 Å². The van der Waals surface area contributed by atoms with Gasteiger partial charge >= 0.3 is 18.2 Å². The van der Waals surface area contributed by atoms with Gasteiger partial charge in [0, 0.05) is 6.54 Å². The van der Waals surface area contributed by atoms with Gasteiger partial charge < -0.3 is 25.2 Å². The molecular weight excluding hydrogens is 592 g/mol. The summed E-state index contributed by atoms with van der Waals surface area (Å²) >= 11 is 0. The van der Waals surface area contributed by atoms with Crippen LogP contribution in [0.4, 0.5) is 9.59 Å². The van der Waals surface area contributed by atoms with Gasteiger partial charge in [-0.25, -0.2) is 14.4 Å². The van der Waals surface area contributed by atoms with Crippen molar-refractivity contribution in [2.75, 3.05) is 19.8 Å². The third-order valence-corrected chi connectivity index (χ3v) is 8.99. The second kappa shape index (κ2) is 36.8. The lowest BCUT2D eigenvalue weighted by Gasteiger charge is -2.15. The zero-order valence-electron chi connectivity index (χ0n) is 30.9. The lowest BCUT2D eigenvalue weighted by atomic mass is 10.0. The molecule has 47 heavy (non-hydrogen) atoms. The molecular formula is C39H76N2O6.